The van der Waals surface area contributed by atoms with Crippen LogP contribution in [0.4, 0.5) is 13.2 Å². The number of thioether (sulfide) groups is 1. The van der Waals surface area contributed by atoms with Gasteiger partial charge in [0.15, 0.2) is 0 Å². The zero-order chi connectivity index (χ0) is 18.0. The molecular weight excluding hydrogens is 351 g/mol. The second kappa shape index (κ2) is 6.92. The summed E-state index contributed by atoms with van der Waals surface area (Å²) in [6.07, 6.45) is -4.36. The second-order valence-electron chi connectivity index (χ2n) is 5.56. The standard InChI is InChI=1S/C18H14F3NO2S/c19-18(20,21)13-5-3-4-12(10-13)11-25-9-8-22-16(23)14-6-1-2-7-15(14)17(22)24/h1-7,10H,8-9,11H2. The van der Waals surface area contributed by atoms with E-state index in [0.29, 0.717) is 28.2 Å². The minimum Gasteiger partial charge on any atom is -0.274 e. The Morgan fingerprint density at radius 1 is 0.920 bits per heavy atom. The van der Waals surface area contributed by atoms with Crippen LogP contribution >= 0.6 is 11.8 Å². The molecule has 25 heavy (non-hydrogen) atoms. The van der Waals surface area contributed by atoms with Gasteiger partial charge in [0, 0.05) is 18.1 Å². The predicted octanol–water partition coefficient (Wildman–Crippen LogP) is 4.23. The van der Waals surface area contributed by atoms with Crippen LogP contribution in [-0.2, 0) is 11.9 Å². The highest BCUT2D eigenvalue weighted by Gasteiger charge is 2.34. The van der Waals surface area contributed by atoms with E-state index in [4.69, 9.17) is 0 Å². The zero-order valence-corrected chi connectivity index (χ0v) is 13.9. The van der Waals surface area contributed by atoms with Gasteiger partial charge >= 0.3 is 6.18 Å². The fourth-order valence-corrected chi connectivity index (χ4v) is 3.50. The highest BCUT2D eigenvalue weighted by molar-refractivity contribution is 7.98. The van der Waals surface area contributed by atoms with Gasteiger partial charge in [0.2, 0.25) is 0 Å². The van der Waals surface area contributed by atoms with E-state index in [1.165, 1.54) is 22.7 Å². The molecule has 0 saturated carbocycles. The summed E-state index contributed by atoms with van der Waals surface area (Å²) in [5, 5.41) is 0. The van der Waals surface area contributed by atoms with Crippen molar-refractivity contribution in [1.82, 2.24) is 4.90 Å². The smallest absolute Gasteiger partial charge is 0.274 e. The summed E-state index contributed by atoms with van der Waals surface area (Å²) < 4.78 is 38.1. The number of rotatable bonds is 5. The van der Waals surface area contributed by atoms with E-state index in [2.05, 4.69) is 0 Å². The van der Waals surface area contributed by atoms with Gasteiger partial charge < -0.3 is 0 Å². The van der Waals surface area contributed by atoms with E-state index < -0.39 is 11.7 Å². The van der Waals surface area contributed by atoms with E-state index in [1.807, 2.05) is 0 Å². The first-order valence-electron chi connectivity index (χ1n) is 7.57. The molecule has 2 aromatic carbocycles. The van der Waals surface area contributed by atoms with Crippen LogP contribution in [0.15, 0.2) is 48.5 Å². The highest BCUT2D eigenvalue weighted by Crippen LogP contribution is 2.30. The molecule has 0 N–H and O–H groups in total. The fraction of sp³-hybridized carbons (Fsp3) is 0.222. The number of hydrogen-bond acceptors (Lipinski definition) is 3. The van der Waals surface area contributed by atoms with Crippen molar-refractivity contribution in [3.8, 4) is 0 Å². The van der Waals surface area contributed by atoms with Gasteiger partial charge in [-0.25, -0.2) is 0 Å². The number of benzene rings is 2. The maximum Gasteiger partial charge on any atom is 0.416 e. The van der Waals surface area contributed by atoms with Crippen molar-refractivity contribution in [2.24, 2.45) is 0 Å². The number of amides is 2. The summed E-state index contributed by atoms with van der Waals surface area (Å²) in [5.74, 6) is 0.204. The number of alkyl halides is 3. The Bertz CT molecular complexity index is 785. The first-order valence-corrected chi connectivity index (χ1v) is 8.72. The maximum absolute atomic E-state index is 12.7. The molecule has 0 aliphatic carbocycles. The number of carbonyl (C=O) groups excluding carboxylic acids is 2. The molecule has 0 spiro atoms. The molecule has 0 aromatic heterocycles. The van der Waals surface area contributed by atoms with Crippen molar-refractivity contribution in [3.05, 3.63) is 70.8 Å². The van der Waals surface area contributed by atoms with Crippen molar-refractivity contribution >= 4 is 23.6 Å². The van der Waals surface area contributed by atoms with Crippen molar-refractivity contribution in [2.45, 2.75) is 11.9 Å². The van der Waals surface area contributed by atoms with Crippen LogP contribution in [0.2, 0.25) is 0 Å². The van der Waals surface area contributed by atoms with Gasteiger partial charge in [-0.1, -0.05) is 30.3 Å². The largest absolute Gasteiger partial charge is 0.416 e. The quantitative estimate of drug-likeness (QED) is 0.588. The lowest BCUT2D eigenvalue weighted by atomic mass is 10.1. The number of carbonyl (C=O) groups is 2. The highest BCUT2D eigenvalue weighted by atomic mass is 32.2. The van der Waals surface area contributed by atoms with Gasteiger partial charge in [-0.2, -0.15) is 24.9 Å². The number of fused-ring (bicyclic) bond motifs is 1. The third-order valence-electron chi connectivity index (χ3n) is 3.86. The molecule has 2 amide bonds. The van der Waals surface area contributed by atoms with Gasteiger partial charge in [0.25, 0.3) is 11.8 Å². The Hall–Kier alpha value is -2.28. The fourth-order valence-electron chi connectivity index (χ4n) is 2.63. The van der Waals surface area contributed by atoms with E-state index in [1.54, 1.807) is 30.3 Å². The van der Waals surface area contributed by atoms with E-state index >= 15 is 0 Å². The van der Waals surface area contributed by atoms with Crippen LogP contribution in [0.3, 0.4) is 0 Å². The first-order chi connectivity index (χ1) is 11.9. The zero-order valence-electron chi connectivity index (χ0n) is 13.0. The van der Waals surface area contributed by atoms with Crippen LogP contribution in [0.5, 0.6) is 0 Å². The number of hydrogen-bond donors (Lipinski definition) is 0. The Labute approximate surface area is 146 Å². The summed E-state index contributed by atoms with van der Waals surface area (Å²) in [6, 6.07) is 11.8. The molecule has 1 aliphatic rings. The van der Waals surface area contributed by atoms with Crippen LogP contribution in [0, 0.1) is 0 Å². The molecule has 0 atom stereocenters. The maximum atomic E-state index is 12.7. The normalized spacial score (nSPS) is 14.1. The molecule has 3 rings (SSSR count). The molecule has 0 fully saturated rings. The Balaban J connectivity index is 1.55. The topological polar surface area (TPSA) is 37.4 Å². The van der Waals surface area contributed by atoms with Gasteiger partial charge in [-0.15, -0.1) is 0 Å². The minimum absolute atomic E-state index is 0.232. The average Bonchev–Trinajstić information content (AvgIpc) is 2.83. The molecule has 3 nitrogen and oxygen atoms in total. The van der Waals surface area contributed by atoms with Gasteiger partial charge in [-0.05, 0) is 23.8 Å². The van der Waals surface area contributed by atoms with E-state index in [0.717, 1.165) is 12.1 Å². The monoisotopic (exact) mass is 365 g/mol. The summed E-state index contributed by atoms with van der Waals surface area (Å²) in [5.41, 5.74) is 0.680. The van der Waals surface area contributed by atoms with Crippen molar-refractivity contribution in [2.75, 3.05) is 12.3 Å². The second-order valence-corrected chi connectivity index (χ2v) is 6.66. The van der Waals surface area contributed by atoms with Crippen LogP contribution in [-0.4, -0.2) is 29.0 Å². The van der Waals surface area contributed by atoms with Crippen LogP contribution in [0.25, 0.3) is 0 Å². The number of imide groups is 1. The Morgan fingerprint density at radius 2 is 1.56 bits per heavy atom. The molecule has 1 heterocycles. The van der Waals surface area contributed by atoms with Gasteiger partial charge in [0.05, 0.1) is 16.7 Å². The lowest BCUT2D eigenvalue weighted by Crippen LogP contribution is -2.31. The van der Waals surface area contributed by atoms with Crippen molar-refractivity contribution in [1.29, 1.82) is 0 Å². The van der Waals surface area contributed by atoms with E-state index in [9.17, 15) is 22.8 Å². The number of nitrogens with zero attached hydrogens (tertiary/aromatic N) is 1. The summed E-state index contributed by atoms with van der Waals surface area (Å²) in [7, 11) is 0. The number of halogens is 3. The summed E-state index contributed by atoms with van der Waals surface area (Å²) in [4.78, 5) is 25.6. The SMILES string of the molecule is O=C1c2ccccc2C(=O)N1CCSCc1cccc(C(F)(F)F)c1. The third kappa shape index (κ3) is 3.71. The van der Waals surface area contributed by atoms with E-state index in [-0.39, 0.29) is 18.4 Å². The van der Waals surface area contributed by atoms with Crippen molar-refractivity contribution in [3.63, 3.8) is 0 Å². The molecule has 130 valence electrons. The van der Waals surface area contributed by atoms with Gasteiger partial charge in [0.1, 0.15) is 0 Å². The summed E-state index contributed by atoms with van der Waals surface area (Å²) in [6.45, 7) is 0.232. The Morgan fingerprint density at radius 3 is 2.16 bits per heavy atom. The molecule has 0 unspecified atom stereocenters. The molecule has 0 saturated heterocycles. The van der Waals surface area contributed by atoms with Crippen LogP contribution < -0.4 is 0 Å². The average molecular weight is 365 g/mol. The minimum atomic E-state index is -4.36. The molecule has 0 bridgehead atoms. The molecular formula is C18H14F3NO2S. The third-order valence-corrected chi connectivity index (χ3v) is 4.87. The van der Waals surface area contributed by atoms with Crippen molar-refractivity contribution < 1.29 is 22.8 Å². The Kier molecular flexibility index (Phi) is 4.85. The molecule has 7 heteroatoms. The molecule has 2 aromatic rings. The molecule has 1 aliphatic heterocycles. The summed E-state index contributed by atoms with van der Waals surface area (Å²) >= 11 is 1.38. The molecule has 0 radical (unpaired) electrons. The lowest BCUT2D eigenvalue weighted by molar-refractivity contribution is -0.137. The first kappa shape index (κ1) is 17.5. The van der Waals surface area contributed by atoms with Crippen LogP contribution in [0.1, 0.15) is 31.8 Å². The van der Waals surface area contributed by atoms with Gasteiger partial charge in [-0.3, -0.25) is 14.5 Å². The lowest BCUT2D eigenvalue weighted by Gasteiger charge is -2.13. The predicted molar refractivity (Wildman–Crippen MR) is 89.4 cm³/mol.